The molecule has 4 atom stereocenters. The van der Waals surface area contributed by atoms with E-state index in [0.717, 1.165) is 19.3 Å². The van der Waals surface area contributed by atoms with Gasteiger partial charge in [0.25, 0.3) is 0 Å². The van der Waals surface area contributed by atoms with Gasteiger partial charge in [-0.1, -0.05) is 13.3 Å². The molecule has 6 heteroatoms. The van der Waals surface area contributed by atoms with Gasteiger partial charge in [-0.15, -0.1) is 0 Å². The highest BCUT2D eigenvalue weighted by Crippen LogP contribution is 2.29. The molecule has 0 aromatic heterocycles. The summed E-state index contributed by atoms with van der Waals surface area (Å²) in [5.74, 6) is 0.0318. The van der Waals surface area contributed by atoms with Crippen LogP contribution in [0.2, 0.25) is 0 Å². The Balaban J connectivity index is 1.87. The second-order valence-corrected chi connectivity index (χ2v) is 6.23. The molecule has 0 spiro atoms. The molecule has 0 bridgehead atoms. The van der Waals surface area contributed by atoms with E-state index in [4.69, 9.17) is 10.5 Å². The zero-order valence-corrected chi connectivity index (χ0v) is 13.0. The third-order valence-corrected chi connectivity index (χ3v) is 4.75. The molecule has 0 aromatic carbocycles. The van der Waals surface area contributed by atoms with Crippen molar-refractivity contribution in [1.82, 2.24) is 10.2 Å². The minimum atomic E-state index is -0.485. The van der Waals surface area contributed by atoms with Gasteiger partial charge >= 0.3 is 0 Å². The highest BCUT2D eigenvalue weighted by atomic mass is 16.5. The van der Waals surface area contributed by atoms with E-state index in [-0.39, 0.29) is 29.7 Å². The van der Waals surface area contributed by atoms with Gasteiger partial charge in [0.05, 0.1) is 13.2 Å². The monoisotopic (exact) mass is 297 g/mol. The van der Waals surface area contributed by atoms with Crippen LogP contribution in [0.15, 0.2) is 0 Å². The van der Waals surface area contributed by atoms with Gasteiger partial charge in [0.1, 0.15) is 6.04 Å². The van der Waals surface area contributed by atoms with Gasteiger partial charge in [0, 0.05) is 25.0 Å². The van der Waals surface area contributed by atoms with E-state index in [1.165, 1.54) is 0 Å². The number of nitrogens with one attached hydrogen (secondary N) is 1. The summed E-state index contributed by atoms with van der Waals surface area (Å²) in [6, 6.07) is -0.402. The van der Waals surface area contributed by atoms with Crippen molar-refractivity contribution in [3.8, 4) is 0 Å². The van der Waals surface area contributed by atoms with E-state index in [9.17, 15) is 9.59 Å². The first-order chi connectivity index (χ1) is 10.0. The summed E-state index contributed by atoms with van der Waals surface area (Å²) in [5, 5.41) is 2.87. The van der Waals surface area contributed by atoms with Crippen LogP contribution < -0.4 is 11.1 Å². The standard InChI is InChI=1S/C15H27N3O3/c1-10-12(4-3-5-13(10)16)14(19)17-11(2)15(20)18-6-8-21-9-7-18/h10-13H,3-9,16H2,1-2H3,(H,17,19). The molecule has 2 fully saturated rings. The Bertz CT molecular complexity index is 382. The molecular weight excluding hydrogens is 270 g/mol. The zero-order chi connectivity index (χ0) is 15.4. The highest BCUT2D eigenvalue weighted by molar-refractivity contribution is 5.88. The molecule has 3 N–H and O–H groups in total. The second kappa shape index (κ2) is 7.22. The first-order valence-corrected chi connectivity index (χ1v) is 7.93. The lowest BCUT2D eigenvalue weighted by Crippen LogP contribution is -2.53. The van der Waals surface area contributed by atoms with E-state index in [2.05, 4.69) is 5.32 Å². The van der Waals surface area contributed by atoms with Crippen LogP contribution in [0.5, 0.6) is 0 Å². The number of hydrogen-bond donors (Lipinski definition) is 2. The summed E-state index contributed by atoms with van der Waals surface area (Å²) >= 11 is 0. The maximum Gasteiger partial charge on any atom is 0.245 e. The predicted octanol–water partition coefficient (Wildman–Crippen LogP) is 0.113. The van der Waals surface area contributed by atoms with Gasteiger partial charge < -0.3 is 20.7 Å². The Morgan fingerprint density at radius 2 is 1.95 bits per heavy atom. The maximum absolute atomic E-state index is 12.4. The fraction of sp³-hybridized carbons (Fsp3) is 0.867. The predicted molar refractivity (Wildman–Crippen MR) is 79.5 cm³/mol. The van der Waals surface area contributed by atoms with Gasteiger partial charge in [0.15, 0.2) is 0 Å². The van der Waals surface area contributed by atoms with Crippen LogP contribution in [0.3, 0.4) is 0 Å². The summed E-state index contributed by atoms with van der Waals surface area (Å²) in [5.41, 5.74) is 6.04. The average Bonchev–Trinajstić information content (AvgIpc) is 2.50. The lowest BCUT2D eigenvalue weighted by atomic mass is 9.77. The Morgan fingerprint density at radius 3 is 2.62 bits per heavy atom. The Labute approximate surface area is 126 Å². The molecule has 1 aliphatic carbocycles. The molecule has 6 nitrogen and oxygen atoms in total. The Hall–Kier alpha value is -1.14. The van der Waals surface area contributed by atoms with Crippen molar-refractivity contribution in [2.24, 2.45) is 17.6 Å². The largest absolute Gasteiger partial charge is 0.378 e. The van der Waals surface area contributed by atoms with Crippen molar-refractivity contribution in [2.75, 3.05) is 26.3 Å². The molecule has 0 radical (unpaired) electrons. The fourth-order valence-corrected chi connectivity index (χ4v) is 3.21. The third-order valence-electron chi connectivity index (χ3n) is 4.75. The van der Waals surface area contributed by atoms with Crippen molar-refractivity contribution < 1.29 is 14.3 Å². The maximum atomic E-state index is 12.4. The number of ether oxygens (including phenoxy) is 1. The first-order valence-electron chi connectivity index (χ1n) is 7.93. The Kier molecular flexibility index (Phi) is 5.58. The van der Waals surface area contributed by atoms with E-state index < -0.39 is 6.04 Å². The Morgan fingerprint density at radius 1 is 1.29 bits per heavy atom. The number of morpholine rings is 1. The normalized spacial score (nSPS) is 31.6. The number of nitrogens with two attached hydrogens (primary N) is 1. The summed E-state index contributed by atoms with van der Waals surface area (Å²) < 4.78 is 5.24. The molecule has 1 aliphatic heterocycles. The SMILES string of the molecule is CC(NC(=O)C1CCCC(N)C1C)C(=O)N1CCOCC1. The minimum Gasteiger partial charge on any atom is -0.378 e. The van der Waals surface area contributed by atoms with Gasteiger partial charge in [-0.3, -0.25) is 9.59 Å². The summed E-state index contributed by atoms with van der Waals surface area (Å²) in [4.78, 5) is 26.4. The molecule has 0 aromatic rings. The van der Waals surface area contributed by atoms with Crippen LogP contribution >= 0.6 is 0 Å². The molecule has 120 valence electrons. The smallest absolute Gasteiger partial charge is 0.245 e. The highest BCUT2D eigenvalue weighted by Gasteiger charge is 2.34. The van der Waals surface area contributed by atoms with Crippen LogP contribution in [0.4, 0.5) is 0 Å². The van der Waals surface area contributed by atoms with E-state index in [0.29, 0.717) is 26.3 Å². The van der Waals surface area contributed by atoms with Crippen LogP contribution in [0, 0.1) is 11.8 Å². The van der Waals surface area contributed by atoms with E-state index >= 15 is 0 Å². The van der Waals surface area contributed by atoms with Crippen LogP contribution in [-0.4, -0.2) is 55.1 Å². The molecule has 1 heterocycles. The van der Waals surface area contributed by atoms with Crippen LogP contribution in [0.1, 0.15) is 33.1 Å². The average molecular weight is 297 g/mol. The van der Waals surface area contributed by atoms with Crippen LogP contribution in [0.25, 0.3) is 0 Å². The second-order valence-electron chi connectivity index (χ2n) is 6.23. The van der Waals surface area contributed by atoms with Crippen molar-refractivity contribution in [3.63, 3.8) is 0 Å². The van der Waals surface area contributed by atoms with Crippen molar-refractivity contribution in [2.45, 2.75) is 45.2 Å². The number of rotatable bonds is 3. The summed E-state index contributed by atoms with van der Waals surface area (Å²) in [6.07, 6.45) is 2.82. The fourth-order valence-electron chi connectivity index (χ4n) is 3.21. The molecule has 2 aliphatic rings. The molecule has 21 heavy (non-hydrogen) atoms. The number of hydrogen-bond acceptors (Lipinski definition) is 4. The van der Waals surface area contributed by atoms with Crippen molar-refractivity contribution in [1.29, 1.82) is 0 Å². The van der Waals surface area contributed by atoms with E-state index in [1.807, 2.05) is 6.92 Å². The molecule has 2 rings (SSSR count). The lowest BCUT2D eigenvalue weighted by molar-refractivity contribution is -0.140. The molecule has 2 amide bonds. The summed E-state index contributed by atoms with van der Waals surface area (Å²) in [7, 11) is 0. The van der Waals surface area contributed by atoms with Crippen LogP contribution in [-0.2, 0) is 14.3 Å². The quantitative estimate of drug-likeness (QED) is 0.774. The first kappa shape index (κ1) is 16.2. The number of nitrogens with zero attached hydrogens (tertiary/aromatic N) is 1. The van der Waals surface area contributed by atoms with Gasteiger partial charge in [0.2, 0.25) is 11.8 Å². The zero-order valence-electron chi connectivity index (χ0n) is 13.0. The number of amides is 2. The van der Waals surface area contributed by atoms with Crippen molar-refractivity contribution >= 4 is 11.8 Å². The van der Waals surface area contributed by atoms with Gasteiger partial charge in [-0.25, -0.2) is 0 Å². The van der Waals surface area contributed by atoms with Crippen molar-refractivity contribution in [3.05, 3.63) is 0 Å². The van der Waals surface area contributed by atoms with Gasteiger partial charge in [-0.2, -0.15) is 0 Å². The van der Waals surface area contributed by atoms with Gasteiger partial charge in [-0.05, 0) is 25.7 Å². The number of carbonyl (C=O) groups excluding carboxylic acids is 2. The topological polar surface area (TPSA) is 84.7 Å². The minimum absolute atomic E-state index is 0.0283. The third kappa shape index (κ3) is 3.95. The lowest BCUT2D eigenvalue weighted by Gasteiger charge is -2.34. The molecular formula is C15H27N3O3. The molecule has 1 saturated heterocycles. The number of carbonyl (C=O) groups is 2. The van der Waals surface area contributed by atoms with E-state index in [1.54, 1.807) is 11.8 Å². The summed E-state index contributed by atoms with van der Waals surface area (Å²) in [6.45, 7) is 6.13. The molecule has 4 unspecified atom stereocenters. The molecule has 1 saturated carbocycles.